The highest BCUT2D eigenvalue weighted by molar-refractivity contribution is 5.98. The first kappa shape index (κ1) is 24.6. The minimum absolute atomic E-state index is 0.0583. The molecule has 4 N–H and O–H groups in total. The number of fused-ring (bicyclic) bond motifs is 2. The van der Waals surface area contributed by atoms with Crippen molar-refractivity contribution in [3.05, 3.63) is 73.2 Å². The molecule has 5 aromatic heterocycles. The van der Waals surface area contributed by atoms with E-state index in [1.807, 2.05) is 18.2 Å². The zero-order valence-corrected chi connectivity index (χ0v) is 21.7. The van der Waals surface area contributed by atoms with Crippen LogP contribution in [0.5, 0.6) is 0 Å². The van der Waals surface area contributed by atoms with Crippen LogP contribution in [0.1, 0.15) is 27.2 Å². The molecule has 1 atom stereocenters. The number of aromatic nitrogens is 7. The second kappa shape index (κ2) is 9.55. The number of anilines is 1. The van der Waals surface area contributed by atoms with E-state index >= 15 is 4.39 Å². The highest BCUT2D eigenvalue weighted by atomic mass is 19.1. The van der Waals surface area contributed by atoms with Crippen molar-refractivity contribution in [1.82, 2.24) is 35.1 Å². The molecule has 0 radical (unpaired) electrons. The van der Waals surface area contributed by atoms with Gasteiger partial charge < -0.3 is 15.4 Å². The van der Waals surface area contributed by atoms with Gasteiger partial charge in [0.05, 0.1) is 22.8 Å². The minimum Gasteiger partial charge on any atom is -0.374 e. The first-order valence-electron chi connectivity index (χ1n) is 12.6. The lowest BCUT2D eigenvalue weighted by molar-refractivity contribution is 0.145. The highest BCUT2D eigenvalue weighted by Gasteiger charge is 2.21. The van der Waals surface area contributed by atoms with Gasteiger partial charge in [-0.05, 0) is 42.2 Å². The molecular formula is C29H27FN8O. The van der Waals surface area contributed by atoms with Crippen molar-refractivity contribution in [2.24, 2.45) is 5.41 Å². The summed E-state index contributed by atoms with van der Waals surface area (Å²) in [4.78, 5) is 20.8. The summed E-state index contributed by atoms with van der Waals surface area (Å²) in [6.45, 7) is 6.16. The Morgan fingerprint density at radius 2 is 1.85 bits per heavy atom. The fourth-order valence-corrected chi connectivity index (χ4v) is 4.73. The van der Waals surface area contributed by atoms with Gasteiger partial charge in [-0.2, -0.15) is 5.10 Å². The first-order chi connectivity index (χ1) is 18.8. The second-order valence-corrected chi connectivity index (χ2v) is 10.7. The zero-order valence-electron chi connectivity index (χ0n) is 21.7. The molecular weight excluding hydrogens is 495 g/mol. The van der Waals surface area contributed by atoms with E-state index in [1.165, 1.54) is 0 Å². The summed E-state index contributed by atoms with van der Waals surface area (Å²) in [6, 6.07) is 10.9. The number of hydrogen-bond donors (Lipinski definition) is 4. The van der Waals surface area contributed by atoms with Gasteiger partial charge in [0.2, 0.25) is 0 Å². The predicted molar refractivity (Wildman–Crippen MR) is 149 cm³/mol. The van der Waals surface area contributed by atoms with E-state index in [4.69, 9.17) is 4.98 Å². The minimum atomic E-state index is -0.756. The smallest absolute Gasteiger partial charge is 0.161 e. The molecule has 0 saturated carbocycles. The molecule has 6 rings (SSSR count). The van der Waals surface area contributed by atoms with Crippen molar-refractivity contribution in [1.29, 1.82) is 0 Å². The van der Waals surface area contributed by atoms with Crippen molar-refractivity contribution < 1.29 is 9.50 Å². The van der Waals surface area contributed by atoms with Crippen LogP contribution >= 0.6 is 0 Å². The molecule has 5 heterocycles. The number of benzene rings is 1. The van der Waals surface area contributed by atoms with Crippen molar-refractivity contribution in [2.45, 2.75) is 33.4 Å². The fourth-order valence-electron chi connectivity index (χ4n) is 4.73. The number of aliphatic hydroxyl groups excluding tert-OH is 1. The van der Waals surface area contributed by atoms with Gasteiger partial charge in [-0.3, -0.25) is 15.1 Å². The van der Waals surface area contributed by atoms with Crippen LogP contribution in [0.15, 0.2) is 67.4 Å². The summed E-state index contributed by atoms with van der Waals surface area (Å²) in [7, 11) is 0. The molecule has 0 aliphatic heterocycles. The van der Waals surface area contributed by atoms with Crippen LogP contribution < -0.4 is 5.32 Å². The topological polar surface area (TPSA) is 128 Å². The third-order valence-electron chi connectivity index (χ3n) is 6.44. The number of hydrogen-bond acceptors (Lipinski definition) is 7. The SMILES string of the molecule is CC(C)(C)CC(O)Nc1cncc(-c2ccc3[nH]nc(-c4nc5c(-c6cccnc6)ccnc5[nH]4)c3c2F)c1. The van der Waals surface area contributed by atoms with Crippen LogP contribution in [0.3, 0.4) is 0 Å². The number of aliphatic hydroxyl groups is 1. The molecule has 1 aromatic carbocycles. The maximum Gasteiger partial charge on any atom is 0.161 e. The summed E-state index contributed by atoms with van der Waals surface area (Å²) in [6.07, 6.45) is 8.16. The van der Waals surface area contributed by atoms with E-state index in [1.54, 1.807) is 49.2 Å². The summed E-state index contributed by atoms with van der Waals surface area (Å²) < 4.78 is 16.1. The molecule has 0 bridgehead atoms. The van der Waals surface area contributed by atoms with Gasteiger partial charge >= 0.3 is 0 Å². The summed E-state index contributed by atoms with van der Waals surface area (Å²) >= 11 is 0. The molecule has 39 heavy (non-hydrogen) atoms. The summed E-state index contributed by atoms with van der Waals surface area (Å²) in [5, 5.41) is 21.1. The van der Waals surface area contributed by atoms with E-state index in [9.17, 15) is 5.11 Å². The average Bonchev–Trinajstić information content (AvgIpc) is 3.53. The molecule has 6 aromatic rings. The summed E-state index contributed by atoms with van der Waals surface area (Å²) in [5.74, 6) is -0.0543. The molecule has 0 amide bonds. The Kier molecular flexibility index (Phi) is 6.03. The largest absolute Gasteiger partial charge is 0.374 e. The molecule has 10 heteroatoms. The van der Waals surface area contributed by atoms with Crippen molar-refractivity contribution >= 4 is 27.8 Å². The van der Waals surface area contributed by atoms with E-state index in [0.29, 0.717) is 56.8 Å². The number of rotatable bonds is 6. The fraction of sp³-hybridized carbons (Fsp3) is 0.207. The van der Waals surface area contributed by atoms with Gasteiger partial charge in [0.15, 0.2) is 11.5 Å². The number of pyridine rings is 3. The highest BCUT2D eigenvalue weighted by Crippen LogP contribution is 2.35. The number of halogens is 1. The van der Waals surface area contributed by atoms with E-state index in [-0.39, 0.29) is 5.41 Å². The normalized spacial score (nSPS) is 12.7. The number of nitrogens with one attached hydrogen (secondary N) is 3. The maximum absolute atomic E-state index is 16.1. The third-order valence-corrected chi connectivity index (χ3v) is 6.44. The number of nitrogens with zero attached hydrogens (tertiary/aromatic N) is 5. The zero-order chi connectivity index (χ0) is 27.1. The second-order valence-electron chi connectivity index (χ2n) is 10.7. The van der Waals surface area contributed by atoms with Crippen LogP contribution in [-0.4, -0.2) is 46.5 Å². The molecule has 0 spiro atoms. The van der Waals surface area contributed by atoms with Gasteiger partial charge in [-0.1, -0.05) is 26.8 Å². The Labute approximate surface area is 223 Å². The molecule has 9 nitrogen and oxygen atoms in total. The molecule has 1 unspecified atom stereocenters. The standard InChI is InChI=1S/C29H27FN8O/c1-29(2,3)12-22(39)34-18-11-17(14-32-15-18)19-6-7-21-23(24(19)30)26(38-37-21)28-35-25-20(8-10-33-27(25)36-28)16-5-4-9-31-13-16/h4-11,13-15,22,34,39H,12H2,1-3H3,(H,37,38)(H,33,35,36). The van der Waals surface area contributed by atoms with E-state index in [2.05, 4.69) is 56.2 Å². The van der Waals surface area contributed by atoms with Gasteiger partial charge in [0, 0.05) is 47.0 Å². The number of aromatic amines is 2. The lowest BCUT2D eigenvalue weighted by Crippen LogP contribution is -2.25. The van der Waals surface area contributed by atoms with Gasteiger partial charge in [-0.15, -0.1) is 0 Å². The third kappa shape index (κ3) is 4.82. The van der Waals surface area contributed by atoms with E-state index in [0.717, 1.165) is 11.1 Å². The van der Waals surface area contributed by atoms with Crippen molar-refractivity contribution in [2.75, 3.05) is 5.32 Å². The van der Waals surface area contributed by atoms with Gasteiger partial charge in [-0.25, -0.2) is 14.4 Å². The molecule has 0 aliphatic rings. The summed E-state index contributed by atoms with van der Waals surface area (Å²) in [5.41, 5.74) is 5.33. The monoisotopic (exact) mass is 522 g/mol. The lowest BCUT2D eigenvalue weighted by Gasteiger charge is -2.23. The Morgan fingerprint density at radius 3 is 2.64 bits per heavy atom. The predicted octanol–water partition coefficient (Wildman–Crippen LogP) is 5.93. The molecule has 0 saturated heterocycles. The quantitative estimate of drug-likeness (QED) is 0.200. The molecule has 196 valence electrons. The lowest BCUT2D eigenvalue weighted by atomic mass is 9.91. The Bertz CT molecular complexity index is 1790. The average molecular weight is 523 g/mol. The van der Waals surface area contributed by atoms with Crippen LogP contribution in [0.4, 0.5) is 10.1 Å². The Morgan fingerprint density at radius 1 is 1.00 bits per heavy atom. The van der Waals surface area contributed by atoms with Crippen molar-refractivity contribution in [3.63, 3.8) is 0 Å². The maximum atomic E-state index is 16.1. The van der Waals surface area contributed by atoms with Crippen molar-refractivity contribution in [3.8, 4) is 33.8 Å². The Balaban J connectivity index is 1.40. The Hall–Kier alpha value is -4.70. The van der Waals surface area contributed by atoms with Crippen LogP contribution in [0.2, 0.25) is 0 Å². The van der Waals surface area contributed by atoms with Crippen LogP contribution in [0.25, 0.3) is 55.8 Å². The van der Waals surface area contributed by atoms with Crippen LogP contribution in [-0.2, 0) is 0 Å². The van der Waals surface area contributed by atoms with E-state index < -0.39 is 12.0 Å². The molecule has 0 fully saturated rings. The number of H-pyrrole nitrogens is 2. The first-order valence-corrected chi connectivity index (χ1v) is 12.6. The molecule has 0 aliphatic carbocycles. The van der Waals surface area contributed by atoms with Gasteiger partial charge in [0.1, 0.15) is 23.3 Å². The van der Waals surface area contributed by atoms with Crippen LogP contribution in [0, 0.1) is 11.2 Å². The van der Waals surface area contributed by atoms with Gasteiger partial charge in [0.25, 0.3) is 0 Å². The number of imidazole rings is 1.